The Bertz CT molecular complexity index is 945. The van der Waals surface area contributed by atoms with Gasteiger partial charge in [0, 0.05) is 17.0 Å². The molecule has 0 radical (unpaired) electrons. The molecule has 2 aromatic heterocycles. The van der Waals surface area contributed by atoms with E-state index >= 15 is 0 Å². The zero-order valence-corrected chi connectivity index (χ0v) is 10.7. The summed E-state index contributed by atoms with van der Waals surface area (Å²) in [5, 5.41) is 2.18. The van der Waals surface area contributed by atoms with Crippen LogP contribution < -0.4 is 0 Å². The van der Waals surface area contributed by atoms with Crippen LogP contribution in [-0.2, 0) is 0 Å². The molecule has 3 nitrogen and oxygen atoms in total. The predicted octanol–water partition coefficient (Wildman–Crippen LogP) is 4.90. The van der Waals surface area contributed by atoms with Gasteiger partial charge < -0.3 is 13.8 Å². The van der Waals surface area contributed by atoms with Crippen molar-refractivity contribution in [2.45, 2.75) is 0 Å². The molecule has 0 unspecified atom stereocenters. The third kappa shape index (κ3) is 1.54. The van der Waals surface area contributed by atoms with Crippen molar-refractivity contribution in [2.75, 3.05) is 0 Å². The first kappa shape index (κ1) is 10.6. The van der Waals surface area contributed by atoms with E-state index in [1.165, 1.54) is 0 Å². The van der Waals surface area contributed by atoms with Gasteiger partial charge in [-0.3, -0.25) is 0 Å². The van der Waals surface area contributed by atoms with E-state index in [1.54, 1.807) is 6.20 Å². The number of hydrogen-bond acceptors (Lipinski definition) is 3. The quantitative estimate of drug-likeness (QED) is 0.498. The van der Waals surface area contributed by atoms with Crippen LogP contribution in [0.2, 0.25) is 0 Å². The first-order valence-electron chi connectivity index (χ1n) is 5.92. The molecule has 0 spiro atoms. The van der Waals surface area contributed by atoms with E-state index in [9.17, 15) is 0 Å². The average molecular weight is 267 g/mol. The Morgan fingerprint density at radius 2 is 1.74 bits per heavy atom. The number of rotatable bonds is 1. The molecule has 2 aromatic carbocycles. The van der Waals surface area contributed by atoms with Crippen LogP contribution >= 0.6 is 12.2 Å². The molecule has 19 heavy (non-hydrogen) atoms. The molecule has 0 saturated heterocycles. The predicted molar refractivity (Wildman–Crippen MR) is 76.6 cm³/mol. The van der Waals surface area contributed by atoms with Crippen molar-refractivity contribution in [1.29, 1.82) is 0 Å². The van der Waals surface area contributed by atoms with Crippen molar-refractivity contribution in [1.82, 2.24) is 4.98 Å². The number of aromatic nitrogens is 1. The highest BCUT2D eigenvalue weighted by Crippen LogP contribution is 2.35. The highest BCUT2D eigenvalue weighted by molar-refractivity contribution is 7.71. The van der Waals surface area contributed by atoms with Crippen LogP contribution in [0, 0.1) is 4.84 Å². The maximum Gasteiger partial charge on any atom is 0.266 e. The van der Waals surface area contributed by atoms with Gasteiger partial charge in [0.2, 0.25) is 0 Å². The van der Waals surface area contributed by atoms with Crippen LogP contribution in [0.3, 0.4) is 0 Å². The normalized spacial score (nSPS) is 11.4. The fourth-order valence-corrected chi connectivity index (χ4v) is 2.51. The number of furan rings is 1. The molecule has 0 fully saturated rings. The van der Waals surface area contributed by atoms with E-state index in [0.717, 1.165) is 27.5 Å². The number of aromatic amines is 1. The second kappa shape index (κ2) is 3.83. The molecule has 0 saturated carbocycles. The van der Waals surface area contributed by atoms with Crippen LogP contribution in [0.25, 0.3) is 33.3 Å². The van der Waals surface area contributed by atoms with Gasteiger partial charge in [0.25, 0.3) is 4.84 Å². The summed E-state index contributed by atoms with van der Waals surface area (Å²) in [4.78, 5) is 3.24. The van der Waals surface area contributed by atoms with Gasteiger partial charge in [0.1, 0.15) is 11.2 Å². The van der Waals surface area contributed by atoms with Crippen molar-refractivity contribution in [2.24, 2.45) is 0 Å². The molecule has 1 N–H and O–H groups in total. The lowest BCUT2D eigenvalue weighted by molar-refractivity contribution is 0.553. The molecule has 0 aliphatic rings. The van der Waals surface area contributed by atoms with E-state index in [-0.39, 0.29) is 0 Å². The zero-order valence-electron chi connectivity index (χ0n) is 9.84. The molecule has 0 aliphatic carbocycles. The van der Waals surface area contributed by atoms with E-state index in [0.29, 0.717) is 10.6 Å². The standard InChI is InChI=1S/C15H9NO2S/c19-15-16-8-13(18-15)11-6-3-5-10-9-4-1-2-7-12(9)17-14(10)11/h1-8H,(H,16,19). The van der Waals surface area contributed by atoms with Crippen molar-refractivity contribution in [3.05, 3.63) is 53.5 Å². The van der Waals surface area contributed by atoms with E-state index < -0.39 is 0 Å². The monoisotopic (exact) mass is 267 g/mol. The fraction of sp³-hybridized carbons (Fsp3) is 0. The second-order valence-corrected chi connectivity index (χ2v) is 4.69. The van der Waals surface area contributed by atoms with Crippen LogP contribution in [0.1, 0.15) is 0 Å². The molecular formula is C15H9NO2S. The smallest absolute Gasteiger partial charge is 0.266 e. The number of para-hydroxylation sites is 2. The summed E-state index contributed by atoms with van der Waals surface area (Å²) in [7, 11) is 0. The molecule has 4 heteroatoms. The van der Waals surface area contributed by atoms with Crippen LogP contribution in [0.15, 0.2) is 57.5 Å². The molecule has 0 aliphatic heterocycles. The average Bonchev–Trinajstić information content (AvgIpc) is 3.02. The SMILES string of the molecule is S=c1[nH]cc(-c2cccc3c2oc2ccccc23)o1. The molecule has 4 aromatic rings. The van der Waals surface area contributed by atoms with Crippen molar-refractivity contribution in [3.63, 3.8) is 0 Å². The molecule has 2 heterocycles. The lowest BCUT2D eigenvalue weighted by Crippen LogP contribution is -1.74. The Hall–Kier alpha value is -2.33. The Morgan fingerprint density at radius 1 is 0.895 bits per heavy atom. The lowest BCUT2D eigenvalue weighted by Gasteiger charge is -1.96. The van der Waals surface area contributed by atoms with Crippen LogP contribution in [0.5, 0.6) is 0 Å². The summed E-state index contributed by atoms with van der Waals surface area (Å²) in [6.07, 6.45) is 1.75. The van der Waals surface area contributed by atoms with Gasteiger partial charge in [-0.05, 0) is 24.4 Å². The summed E-state index contributed by atoms with van der Waals surface area (Å²) in [5.74, 6) is 0.689. The van der Waals surface area contributed by atoms with Gasteiger partial charge in [-0.2, -0.15) is 0 Å². The summed E-state index contributed by atoms with van der Waals surface area (Å²) in [6.45, 7) is 0. The highest BCUT2D eigenvalue weighted by atomic mass is 32.1. The van der Waals surface area contributed by atoms with Gasteiger partial charge in [-0.1, -0.05) is 30.3 Å². The molecule has 92 valence electrons. The lowest BCUT2D eigenvalue weighted by atomic mass is 10.1. The first-order chi connectivity index (χ1) is 9.33. The highest BCUT2D eigenvalue weighted by Gasteiger charge is 2.13. The largest absolute Gasteiger partial charge is 0.455 e. The first-order valence-corrected chi connectivity index (χ1v) is 6.33. The minimum Gasteiger partial charge on any atom is -0.455 e. The maximum absolute atomic E-state index is 5.94. The molecule has 0 bridgehead atoms. The van der Waals surface area contributed by atoms with E-state index in [2.05, 4.69) is 11.1 Å². The zero-order chi connectivity index (χ0) is 12.8. The Balaban J connectivity index is 2.14. The summed E-state index contributed by atoms with van der Waals surface area (Å²) in [6, 6.07) is 14.0. The Kier molecular flexibility index (Phi) is 2.13. The summed E-state index contributed by atoms with van der Waals surface area (Å²) in [5.41, 5.74) is 2.60. The Morgan fingerprint density at radius 3 is 2.58 bits per heavy atom. The minimum atomic E-state index is 0.364. The number of hydrogen-bond donors (Lipinski definition) is 1. The fourth-order valence-electron chi connectivity index (χ4n) is 2.36. The maximum atomic E-state index is 5.94. The van der Waals surface area contributed by atoms with Crippen molar-refractivity contribution in [3.8, 4) is 11.3 Å². The molecule has 4 rings (SSSR count). The number of nitrogens with one attached hydrogen (secondary N) is 1. The molecule has 0 atom stereocenters. The minimum absolute atomic E-state index is 0.364. The molecule has 0 amide bonds. The second-order valence-electron chi connectivity index (χ2n) is 4.32. The summed E-state index contributed by atoms with van der Waals surface area (Å²) >= 11 is 4.97. The van der Waals surface area contributed by atoms with Crippen molar-refractivity contribution >= 4 is 34.2 Å². The number of oxazole rings is 1. The van der Waals surface area contributed by atoms with Gasteiger partial charge in [0.05, 0.1) is 5.56 Å². The third-order valence-corrected chi connectivity index (χ3v) is 3.39. The topological polar surface area (TPSA) is 42.1 Å². The van der Waals surface area contributed by atoms with Crippen LogP contribution in [0.4, 0.5) is 0 Å². The number of H-pyrrole nitrogens is 1. The van der Waals surface area contributed by atoms with Gasteiger partial charge in [0.15, 0.2) is 5.76 Å². The van der Waals surface area contributed by atoms with Crippen LogP contribution in [-0.4, -0.2) is 4.98 Å². The van der Waals surface area contributed by atoms with Gasteiger partial charge in [-0.25, -0.2) is 0 Å². The number of benzene rings is 2. The number of fused-ring (bicyclic) bond motifs is 3. The van der Waals surface area contributed by atoms with Gasteiger partial charge >= 0.3 is 0 Å². The third-order valence-electron chi connectivity index (χ3n) is 3.19. The summed E-state index contributed by atoms with van der Waals surface area (Å²) < 4.78 is 11.4. The van der Waals surface area contributed by atoms with Crippen molar-refractivity contribution < 1.29 is 8.83 Å². The van der Waals surface area contributed by atoms with E-state index in [1.807, 2.05) is 36.4 Å². The Labute approximate surface area is 113 Å². The van der Waals surface area contributed by atoms with E-state index in [4.69, 9.17) is 21.1 Å². The van der Waals surface area contributed by atoms with Gasteiger partial charge in [-0.15, -0.1) is 0 Å². The molecular weight excluding hydrogens is 258 g/mol.